The zero-order valence-corrected chi connectivity index (χ0v) is 14.6. The van der Waals surface area contributed by atoms with Crippen molar-refractivity contribution in [2.75, 3.05) is 0 Å². The molecular weight excluding hydrogens is 332 g/mol. The SMILES string of the molecule is Cc1cc(C)n(Cn2ccc(-c3nc4c5cnn(C)c5ncn4n3)n2)n1. The highest BCUT2D eigenvalue weighted by atomic mass is 15.4. The van der Waals surface area contributed by atoms with Gasteiger partial charge in [-0.2, -0.15) is 15.3 Å². The van der Waals surface area contributed by atoms with Gasteiger partial charge in [0.1, 0.15) is 18.7 Å². The zero-order chi connectivity index (χ0) is 17.8. The normalized spacial score (nSPS) is 11.8. The van der Waals surface area contributed by atoms with E-state index in [1.807, 2.05) is 48.6 Å². The minimum atomic E-state index is 0.543. The molecule has 10 nitrogen and oxygen atoms in total. The molecule has 0 aromatic carbocycles. The first kappa shape index (κ1) is 14.8. The fourth-order valence-corrected chi connectivity index (χ4v) is 3.06. The summed E-state index contributed by atoms with van der Waals surface area (Å²) in [5.41, 5.74) is 4.27. The maximum Gasteiger partial charge on any atom is 0.202 e. The summed E-state index contributed by atoms with van der Waals surface area (Å²) < 4.78 is 7.09. The van der Waals surface area contributed by atoms with E-state index in [4.69, 9.17) is 0 Å². The van der Waals surface area contributed by atoms with Crippen molar-refractivity contribution in [2.45, 2.75) is 20.5 Å². The average molecular weight is 348 g/mol. The van der Waals surface area contributed by atoms with E-state index in [1.54, 1.807) is 21.7 Å². The minimum Gasteiger partial charge on any atom is -0.250 e. The molecule has 0 amide bonds. The van der Waals surface area contributed by atoms with Gasteiger partial charge < -0.3 is 0 Å². The van der Waals surface area contributed by atoms with Crippen molar-refractivity contribution in [3.05, 3.63) is 42.2 Å². The van der Waals surface area contributed by atoms with E-state index in [0.29, 0.717) is 23.8 Å². The molecule has 5 aromatic rings. The summed E-state index contributed by atoms with van der Waals surface area (Å²) in [6.07, 6.45) is 5.29. The van der Waals surface area contributed by atoms with Crippen LogP contribution in [0, 0.1) is 13.8 Å². The molecule has 5 rings (SSSR count). The van der Waals surface area contributed by atoms with Gasteiger partial charge in [-0.25, -0.2) is 19.2 Å². The molecule has 0 radical (unpaired) electrons. The number of rotatable bonds is 3. The lowest BCUT2D eigenvalue weighted by Crippen LogP contribution is -2.11. The fourth-order valence-electron chi connectivity index (χ4n) is 3.06. The first-order valence-electron chi connectivity index (χ1n) is 8.16. The molecule has 0 saturated heterocycles. The summed E-state index contributed by atoms with van der Waals surface area (Å²) in [7, 11) is 1.85. The highest BCUT2D eigenvalue weighted by molar-refractivity contribution is 5.88. The summed E-state index contributed by atoms with van der Waals surface area (Å²) in [4.78, 5) is 9.00. The lowest BCUT2D eigenvalue weighted by atomic mass is 10.4. The Morgan fingerprint density at radius 2 is 1.96 bits per heavy atom. The van der Waals surface area contributed by atoms with Crippen LogP contribution >= 0.6 is 0 Å². The number of aromatic nitrogens is 10. The van der Waals surface area contributed by atoms with Gasteiger partial charge in [-0.05, 0) is 26.0 Å². The van der Waals surface area contributed by atoms with Crippen LogP contribution < -0.4 is 0 Å². The summed E-state index contributed by atoms with van der Waals surface area (Å²) in [5, 5.41) is 18.6. The standard InChI is InChI=1S/C16H16N10/c1-10-6-11(2)26(20-10)9-24-5-4-13(21-24)14-19-16-12-7-18-23(3)15(12)17-8-25(16)22-14/h4-8H,9H2,1-3H3. The molecule has 130 valence electrons. The Morgan fingerprint density at radius 1 is 1.08 bits per heavy atom. The second-order valence-electron chi connectivity index (χ2n) is 6.26. The molecule has 5 aromatic heterocycles. The zero-order valence-electron chi connectivity index (χ0n) is 14.6. The molecule has 26 heavy (non-hydrogen) atoms. The molecule has 0 unspecified atom stereocenters. The summed E-state index contributed by atoms with van der Waals surface area (Å²) in [6, 6.07) is 3.94. The smallest absolute Gasteiger partial charge is 0.202 e. The van der Waals surface area contributed by atoms with Gasteiger partial charge in [-0.3, -0.25) is 9.36 Å². The first-order valence-corrected chi connectivity index (χ1v) is 8.16. The Hall–Kier alpha value is -3.56. The molecule has 0 aliphatic rings. The Morgan fingerprint density at radius 3 is 2.77 bits per heavy atom. The quantitative estimate of drug-likeness (QED) is 0.486. The number of hydrogen-bond donors (Lipinski definition) is 0. The van der Waals surface area contributed by atoms with Crippen LogP contribution in [0.5, 0.6) is 0 Å². The van der Waals surface area contributed by atoms with Crippen molar-refractivity contribution in [2.24, 2.45) is 7.05 Å². The van der Waals surface area contributed by atoms with Crippen molar-refractivity contribution in [1.82, 2.24) is 48.9 Å². The highest BCUT2D eigenvalue weighted by Gasteiger charge is 2.14. The molecule has 0 aliphatic carbocycles. The summed E-state index contributed by atoms with van der Waals surface area (Å²) in [5.74, 6) is 0.551. The largest absolute Gasteiger partial charge is 0.250 e. The minimum absolute atomic E-state index is 0.543. The van der Waals surface area contributed by atoms with Crippen molar-refractivity contribution >= 4 is 16.7 Å². The van der Waals surface area contributed by atoms with E-state index >= 15 is 0 Å². The van der Waals surface area contributed by atoms with Crippen LogP contribution in [0.2, 0.25) is 0 Å². The van der Waals surface area contributed by atoms with Gasteiger partial charge in [-0.15, -0.1) is 5.10 Å². The van der Waals surface area contributed by atoms with E-state index in [2.05, 4.69) is 30.4 Å². The molecule has 0 spiro atoms. The lowest BCUT2D eigenvalue weighted by molar-refractivity contribution is 0.492. The van der Waals surface area contributed by atoms with E-state index < -0.39 is 0 Å². The van der Waals surface area contributed by atoms with Crippen molar-refractivity contribution in [1.29, 1.82) is 0 Å². The maximum atomic E-state index is 4.63. The first-order chi connectivity index (χ1) is 12.6. The highest BCUT2D eigenvalue weighted by Crippen LogP contribution is 2.19. The molecule has 0 atom stereocenters. The number of nitrogens with zero attached hydrogens (tertiary/aromatic N) is 10. The van der Waals surface area contributed by atoms with Crippen LogP contribution in [-0.4, -0.2) is 48.9 Å². The van der Waals surface area contributed by atoms with Gasteiger partial charge in [0.2, 0.25) is 5.82 Å². The lowest BCUT2D eigenvalue weighted by Gasteiger charge is -2.03. The van der Waals surface area contributed by atoms with Crippen LogP contribution in [-0.2, 0) is 13.7 Å². The Bertz CT molecular complexity index is 1250. The molecule has 10 heteroatoms. The number of aryl methyl sites for hydroxylation is 3. The van der Waals surface area contributed by atoms with Gasteiger partial charge >= 0.3 is 0 Å². The third-order valence-electron chi connectivity index (χ3n) is 4.32. The summed E-state index contributed by atoms with van der Waals surface area (Å²) in [6.45, 7) is 4.55. The predicted molar refractivity (Wildman–Crippen MR) is 93.4 cm³/mol. The predicted octanol–water partition coefficient (Wildman–Crippen LogP) is 1.19. The topological polar surface area (TPSA) is 96.5 Å². The van der Waals surface area contributed by atoms with Gasteiger partial charge in [0, 0.05) is 18.9 Å². The molecule has 0 fully saturated rings. The second kappa shape index (κ2) is 5.22. The van der Waals surface area contributed by atoms with Crippen LogP contribution in [0.15, 0.2) is 30.9 Å². The second-order valence-corrected chi connectivity index (χ2v) is 6.26. The molecular formula is C16H16N10. The van der Waals surface area contributed by atoms with E-state index in [0.717, 1.165) is 22.4 Å². The van der Waals surface area contributed by atoms with E-state index in [9.17, 15) is 0 Å². The Labute approximate surface area is 147 Å². The van der Waals surface area contributed by atoms with Gasteiger partial charge in [-0.1, -0.05) is 0 Å². The third kappa shape index (κ3) is 2.19. The Kier molecular flexibility index (Phi) is 2.96. The van der Waals surface area contributed by atoms with E-state index in [1.165, 1.54) is 0 Å². The Balaban J connectivity index is 1.53. The number of fused-ring (bicyclic) bond motifs is 3. The van der Waals surface area contributed by atoms with Crippen LogP contribution in [0.4, 0.5) is 0 Å². The van der Waals surface area contributed by atoms with Gasteiger partial charge in [0.15, 0.2) is 11.3 Å². The maximum absolute atomic E-state index is 4.63. The third-order valence-corrected chi connectivity index (χ3v) is 4.32. The monoisotopic (exact) mass is 348 g/mol. The van der Waals surface area contributed by atoms with Crippen LogP contribution in [0.25, 0.3) is 28.2 Å². The average Bonchev–Trinajstić information content (AvgIpc) is 3.35. The molecule has 0 bridgehead atoms. The van der Waals surface area contributed by atoms with Crippen LogP contribution in [0.1, 0.15) is 11.4 Å². The van der Waals surface area contributed by atoms with Crippen molar-refractivity contribution in [3.63, 3.8) is 0 Å². The van der Waals surface area contributed by atoms with E-state index in [-0.39, 0.29) is 0 Å². The van der Waals surface area contributed by atoms with Crippen molar-refractivity contribution in [3.8, 4) is 11.5 Å². The van der Waals surface area contributed by atoms with Crippen molar-refractivity contribution < 1.29 is 0 Å². The summed E-state index contributed by atoms with van der Waals surface area (Å²) >= 11 is 0. The molecule has 0 N–H and O–H groups in total. The molecule has 5 heterocycles. The van der Waals surface area contributed by atoms with Gasteiger partial charge in [0.25, 0.3) is 0 Å². The van der Waals surface area contributed by atoms with Gasteiger partial charge in [0.05, 0.1) is 17.3 Å². The molecule has 0 aliphatic heterocycles. The van der Waals surface area contributed by atoms with Crippen LogP contribution in [0.3, 0.4) is 0 Å². The fraction of sp³-hybridized carbons (Fsp3) is 0.250. The molecule has 0 saturated carbocycles. The number of hydrogen-bond acceptors (Lipinski definition) is 6.